The van der Waals surface area contributed by atoms with Crippen molar-refractivity contribution in [1.82, 2.24) is 0 Å². The molecule has 5 aromatic carbocycles. The number of nitrogens with zero attached hydrogens (tertiary/aromatic N) is 1. The second-order valence-corrected chi connectivity index (χ2v) is 13.3. The van der Waals surface area contributed by atoms with Crippen molar-refractivity contribution in [3.05, 3.63) is 155 Å². The Hall–Kier alpha value is -4.08. The first-order valence-corrected chi connectivity index (χ1v) is 16.9. The lowest BCUT2D eigenvalue weighted by atomic mass is 10.0. The van der Waals surface area contributed by atoms with Gasteiger partial charge in [0.1, 0.15) is 5.71 Å². The van der Waals surface area contributed by atoms with Gasteiger partial charge in [-0.3, -0.25) is 9.59 Å². The number of Topliss-reactive ketones (excluding diaryl/α,β-unsaturated/α-hetero) is 1. The van der Waals surface area contributed by atoms with E-state index in [1.54, 1.807) is 48.2 Å². The minimum absolute atomic E-state index is 0.0246. The van der Waals surface area contributed by atoms with Gasteiger partial charge in [0.25, 0.3) is 0 Å². The van der Waals surface area contributed by atoms with Gasteiger partial charge in [0, 0.05) is 53.5 Å². The number of rotatable bonds is 12. The third-order valence-electron chi connectivity index (χ3n) is 6.36. The fourth-order valence-corrected chi connectivity index (χ4v) is 6.46. The average molecular weight is 668 g/mol. The highest BCUT2D eigenvalue weighted by atomic mass is 35.5. The van der Waals surface area contributed by atoms with E-state index in [-0.39, 0.29) is 17.3 Å². The van der Waals surface area contributed by atoms with Gasteiger partial charge in [-0.2, -0.15) is 0 Å². The number of oxime groups is 1. The van der Waals surface area contributed by atoms with Crippen molar-refractivity contribution in [2.75, 3.05) is 5.75 Å². The lowest BCUT2D eigenvalue weighted by molar-refractivity contribution is 0.103. The summed E-state index contributed by atoms with van der Waals surface area (Å²) in [7, 11) is 0. The Balaban J connectivity index is 1.24. The number of hydrogen-bond donors (Lipinski definition) is 0. The maximum atomic E-state index is 13.5. The molecule has 224 valence electrons. The molecule has 0 saturated carbocycles. The number of thioether (sulfide) groups is 2. The summed E-state index contributed by atoms with van der Waals surface area (Å²) in [6, 6.07) is 40.4. The van der Waals surface area contributed by atoms with Crippen LogP contribution in [-0.4, -0.2) is 28.3 Å². The van der Waals surface area contributed by atoms with Crippen LogP contribution in [0.5, 0.6) is 0 Å². The first-order valence-electron chi connectivity index (χ1n) is 13.9. The van der Waals surface area contributed by atoms with Gasteiger partial charge < -0.3 is 4.84 Å². The number of hydrogen-bond acceptors (Lipinski definition) is 8. The highest BCUT2D eigenvalue weighted by Crippen LogP contribution is 2.29. The number of halogens is 1. The predicted molar refractivity (Wildman–Crippen MR) is 184 cm³/mol. The van der Waals surface area contributed by atoms with Crippen molar-refractivity contribution < 1.29 is 19.2 Å². The zero-order valence-electron chi connectivity index (χ0n) is 23.8. The molecular weight excluding hydrogens is 642 g/mol. The van der Waals surface area contributed by atoms with Gasteiger partial charge in [-0.05, 0) is 96.7 Å². The lowest BCUT2D eigenvalue weighted by Crippen LogP contribution is -2.16. The van der Waals surface area contributed by atoms with E-state index >= 15 is 0 Å². The summed E-state index contributed by atoms with van der Waals surface area (Å²) in [5.74, 6) is 0.208. The zero-order valence-corrected chi connectivity index (χ0v) is 27.0. The average Bonchev–Trinajstić information content (AvgIpc) is 3.08. The molecule has 0 aliphatic heterocycles. The Morgan fingerprint density at radius 3 is 1.76 bits per heavy atom. The summed E-state index contributed by atoms with van der Waals surface area (Å²) in [5, 5.41) is 4.03. The monoisotopic (exact) mass is 667 g/mol. The molecule has 0 radical (unpaired) electrons. The number of ketones is 2. The van der Waals surface area contributed by atoms with E-state index in [9.17, 15) is 14.4 Å². The summed E-state index contributed by atoms with van der Waals surface area (Å²) < 4.78 is 0. The second kappa shape index (κ2) is 16.3. The van der Waals surface area contributed by atoms with Crippen molar-refractivity contribution in [1.29, 1.82) is 0 Å². The molecule has 0 saturated heterocycles. The van der Waals surface area contributed by atoms with Crippen LogP contribution in [0.2, 0.25) is 5.02 Å². The van der Waals surface area contributed by atoms with E-state index in [2.05, 4.69) is 5.16 Å². The topological polar surface area (TPSA) is 72.8 Å². The van der Waals surface area contributed by atoms with Crippen LogP contribution in [-0.2, 0) is 4.84 Å². The molecule has 5 nitrogen and oxygen atoms in total. The third kappa shape index (κ3) is 9.70. The molecule has 0 atom stereocenters. The van der Waals surface area contributed by atoms with Crippen LogP contribution in [0.15, 0.2) is 158 Å². The normalized spacial score (nSPS) is 11.2. The van der Waals surface area contributed by atoms with Crippen LogP contribution in [0.1, 0.15) is 32.7 Å². The minimum atomic E-state index is -0.625. The predicted octanol–water partition coefficient (Wildman–Crippen LogP) is 10.4. The summed E-state index contributed by atoms with van der Waals surface area (Å²) in [6.45, 7) is 0. The van der Waals surface area contributed by atoms with Crippen LogP contribution in [0.4, 0.5) is 4.79 Å². The Morgan fingerprint density at radius 2 is 1.13 bits per heavy atom. The fourth-order valence-electron chi connectivity index (χ4n) is 4.10. The van der Waals surface area contributed by atoms with Crippen molar-refractivity contribution in [2.45, 2.75) is 26.0 Å². The molecule has 0 heterocycles. The van der Waals surface area contributed by atoms with Gasteiger partial charge in [-0.15, -0.1) is 11.8 Å². The molecule has 0 aliphatic carbocycles. The standard InChI is InChI=1S/C36H26ClNO4S3/c37-28-15-21-29(22-16-28)43-24-23-33(38-42-36(41)45-30-9-5-2-6-10-30)35(40)27-13-19-32(20-14-27)44-31-17-11-26(12-18-31)34(39)25-7-3-1-4-8-25/h1-22H,23-24H2. The number of carbonyl (C=O) groups excluding carboxylic acids is 3. The zero-order chi connectivity index (χ0) is 31.4. The van der Waals surface area contributed by atoms with Gasteiger partial charge >= 0.3 is 5.30 Å². The van der Waals surface area contributed by atoms with Crippen LogP contribution in [0.3, 0.4) is 0 Å². The summed E-state index contributed by atoms with van der Waals surface area (Å²) in [5.41, 5.74) is 1.85. The quantitative estimate of drug-likeness (QED) is 0.0431. The summed E-state index contributed by atoms with van der Waals surface area (Å²) >= 11 is 9.97. The largest absolute Gasteiger partial charge is 0.398 e. The van der Waals surface area contributed by atoms with Crippen molar-refractivity contribution >= 4 is 69.5 Å². The molecule has 0 spiro atoms. The van der Waals surface area contributed by atoms with Gasteiger partial charge in [-0.1, -0.05) is 77.0 Å². The Bertz CT molecular complexity index is 1780. The Labute approximate surface area is 279 Å². The smallest absolute Gasteiger partial charge is 0.306 e. The van der Waals surface area contributed by atoms with Crippen LogP contribution in [0.25, 0.3) is 0 Å². The molecule has 0 aliphatic rings. The SMILES string of the molecule is O=C(ON=C(CCSc1ccc(Cl)cc1)C(=O)c1ccc(Sc2ccc(C(=O)c3ccccc3)cc2)cc1)Sc1ccccc1. The van der Waals surface area contributed by atoms with E-state index < -0.39 is 5.30 Å². The molecule has 0 aromatic heterocycles. The van der Waals surface area contributed by atoms with Crippen LogP contribution < -0.4 is 0 Å². The second-order valence-electron chi connectivity index (χ2n) is 9.52. The van der Waals surface area contributed by atoms with Crippen molar-refractivity contribution in [3.63, 3.8) is 0 Å². The van der Waals surface area contributed by atoms with E-state index in [1.165, 1.54) is 11.8 Å². The van der Waals surface area contributed by atoms with Crippen LogP contribution >= 0.6 is 46.9 Å². The number of benzene rings is 5. The molecular formula is C36H26ClNO4S3. The molecule has 0 N–H and O–H groups in total. The maximum absolute atomic E-state index is 13.5. The number of carbonyl (C=O) groups is 3. The molecule has 0 amide bonds. The molecule has 5 aromatic rings. The molecule has 0 unspecified atom stereocenters. The lowest BCUT2D eigenvalue weighted by Gasteiger charge is -2.08. The van der Waals surface area contributed by atoms with E-state index in [4.69, 9.17) is 16.4 Å². The fraction of sp³-hybridized carbons (Fsp3) is 0.0556. The van der Waals surface area contributed by atoms with Crippen LogP contribution in [0, 0.1) is 0 Å². The van der Waals surface area contributed by atoms with E-state index in [0.29, 0.717) is 33.9 Å². The first-order chi connectivity index (χ1) is 21.9. The van der Waals surface area contributed by atoms with E-state index in [0.717, 1.165) is 31.3 Å². The molecule has 0 fully saturated rings. The maximum Gasteiger partial charge on any atom is 0.398 e. The minimum Gasteiger partial charge on any atom is -0.306 e. The first kappa shape index (κ1) is 32.3. The molecule has 0 bridgehead atoms. The molecule has 9 heteroatoms. The van der Waals surface area contributed by atoms with E-state index in [1.807, 2.05) is 97.1 Å². The molecule has 5 rings (SSSR count). The van der Waals surface area contributed by atoms with Gasteiger partial charge in [-0.25, -0.2) is 4.79 Å². The van der Waals surface area contributed by atoms with Crippen molar-refractivity contribution in [2.24, 2.45) is 5.16 Å². The van der Waals surface area contributed by atoms with Crippen molar-refractivity contribution in [3.8, 4) is 0 Å². The van der Waals surface area contributed by atoms with Gasteiger partial charge in [0.2, 0.25) is 5.78 Å². The van der Waals surface area contributed by atoms with Gasteiger partial charge in [0.05, 0.1) is 0 Å². The highest BCUT2D eigenvalue weighted by Gasteiger charge is 2.17. The molecule has 45 heavy (non-hydrogen) atoms. The Morgan fingerprint density at radius 1 is 0.600 bits per heavy atom. The highest BCUT2D eigenvalue weighted by molar-refractivity contribution is 8.13. The summed E-state index contributed by atoms with van der Waals surface area (Å²) in [6.07, 6.45) is 0.292. The summed E-state index contributed by atoms with van der Waals surface area (Å²) in [4.78, 5) is 47.4. The Kier molecular flexibility index (Phi) is 11.7. The third-order valence-corrected chi connectivity index (χ3v) is 9.39. The van der Waals surface area contributed by atoms with Gasteiger partial charge in [0.15, 0.2) is 5.78 Å².